The second-order valence-electron chi connectivity index (χ2n) is 2.87. The molecule has 4 heteroatoms. The quantitative estimate of drug-likeness (QED) is 0.738. The topological polar surface area (TPSA) is 41.6 Å². The molecule has 1 heterocycles. The molecule has 0 unspecified atom stereocenters. The van der Waals surface area contributed by atoms with Crippen LogP contribution in [-0.4, -0.2) is 19.0 Å². The Hall–Kier alpha value is -1.22. The SMILES string of the molecule is NC1=NCCN1c1cccc(Cl)c1. The highest BCUT2D eigenvalue weighted by Gasteiger charge is 2.14. The van der Waals surface area contributed by atoms with E-state index in [0.717, 1.165) is 23.8 Å². The lowest BCUT2D eigenvalue weighted by atomic mass is 10.3. The molecule has 0 radical (unpaired) electrons. The smallest absolute Gasteiger partial charge is 0.195 e. The second kappa shape index (κ2) is 3.26. The maximum Gasteiger partial charge on any atom is 0.195 e. The zero-order chi connectivity index (χ0) is 9.26. The average molecular weight is 196 g/mol. The molecular formula is C9H10ClN3. The Morgan fingerprint density at radius 2 is 2.31 bits per heavy atom. The molecule has 0 saturated carbocycles. The normalized spacial score (nSPS) is 16.1. The van der Waals surface area contributed by atoms with E-state index in [2.05, 4.69) is 4.99 Å². The molecular weight excluding hydrogens is 186 g/mol. The molecule has 1 aliphatic heterocycles. The van der Waals surface area contributed by atoms with E-state index in [9.17, 15) is 0 Å². The summed E-state index contributed by atoms with van der Waals surface area (Å²) in [4.78, 5) is 6.05. The Morgan fingerprint density at radius 1 is 1.46 bits per heavy atom. The molecule has 0 spiro atoms. The minimum atomic E-state index is 0.572. The summed E-state index contributed by atoms with van der Waals surface area (Å²) in [5, 5.41) is 0.720. The molecule has 0 saturated heterocycles. The van der Waals surface area contributed by atoms with Gasteiger partial charge in [-0.2, -0.15) is 0 Å². The fraction of sp³-hybridized carbons (Fsp3) is 0.222. The van der Waals surface area contributed by atoms with Gasteiger partial charge >= 0.3 is 0 Å². The number of nitrogens with zero attached hydrogens (tertiary/aromatic N) is 2. The number of hydrogen-bond acceptors (Lipinski definition) is 3. The average Bonchev–Trinajstić information content (AvgIpc) is 2.51. The van der Waals surface area contributed by atoms with Crippen LogP contribution in [0.3, 0.4) is 0 Å². The molecule has 1 aromatic carbocycles. The van der Waals surface area contributed by atoms with Crippen molar-refractivity contribution < 1.29 is 0 Å². The lowest BCUT2D eigenvalue weighted by molar-refractivity contribution is 1.02. The minimum Gasteiger partial charge on any atom is -0.370 e. The molecule has 13 heavy (non-hydrogen) atoms. The van der Waals surface area contributed by atoms with Gasteiger partial charge in [0.05, 0.1) is 6.54 Å². The lowest BCUT2D eigenvalue weighted by Crippen LogP contribution is -2.33. The van der Waals surface area contributed by atoms with Crippen LogP contribution >= 0.6 is 11.6 Å². The lowest BCUT2D eigenvalue weighted by Gasteiger charge is -2.17. The van der Waals surface area contributed by atoms with Gasteiger partial charge in [-0.1, -0.05) is 17.7 Å². The van der Waals surface area contributed by atoms with Gasteiger partial charge in [-0.05, 0) is 18.2 Å². The third kappa shape index (κ3) is 1.60. The molecule has 0 atom stereocenters. The first-order valence-electron chi connectivity index (χ1n) is 4.10. The number of rotatable bonds is 1. The van der Waals surface area contributed by atoms with Crippen molar-refractivity contribution in [2.75, 3.05) is 18.0 Å². The molecule has 1 aromatic rings. The van der Waals surface area contributed by atoms with Gasteiger partial charge in [0, 0.05) is 17.3 Å². The van der Waals surface area contributed by atoms with Crippen LogP contribution in [0.1, 0.15) is 0 Å². The largest absolute Gasteiger partial charge is 0.370 e. The number of halogens is 1. The van der Waals surface area contributed by atoms with Crippen molar-refractivity contribution in [3.63, 3.8) is 0 Å². The summed E-state index contributed by atoms with van der Waals surface area (Å²) < 4.78 is 0. The van der Waals surface area contributed by atoms with E-state index in [-0.39, 0.29) is 0 Å². The van der Waals surface area contributed by atoms with E-state index < -0.39 is 0 Å². The third-order valence-corrected chi connectivity index (χ3v) is 2.23. The zero-order valence-corrected chi connectivity index (χ0v) is 7.83. The van der Waals surface area contributed by atoms with Crippen LogP contribution < -0.4 is 10.6 Å². The minimum absolute atomic E-state index is 0.572. The van der Waals surface area contributed by atoms with Gasteiger partial charge in [-0.15, -0.1) is 0 Å². The maximum atomic E-state index is 5.86. The molecule has 0 aromatic heterocycles. The van der Waals surface area contributed by atoms with Gasteiger partial charge in [0.25, 0.3) is 0 Å². The molecule has 0 aliphatic carbocycles. The standard InChI is InChI=1S/C9H10ClN3/c10-7-2-1-3-8(6-7)13-5-4-12-9(13)11/h1-3,6H,4-5H2,(H2,11,12). The molecule has 0 amide bonds. The van der Waals surface area contributed by atoms with E-state index >= 15 is 0 Å². The van der Waals surface area contributed by atoms with Crippen molar-refractivity contribution >= 4 is 23.2 Å². The van der Waals surface area contributed by atoms with Gasteiger partial charge in [0.15, 0.2) is 5.96 Å². The van der Waals surface area contributed by atoms with Gasteiger partial charge in [-0.3, -0.25) is 4.99 Å². The number of anilines is 1. The summed E-state index contributed by atoms with van der Waals surface area (Å²) in [7, 11) is 0. The van der Waals surface area contributed by atoms with Crippen LogP contribution in [-0.2, 0) is 0 Å². The number of nitrogens with two attached hydrogens (primary N) is 1. The predicted molar refractivity (Wildman–Crippen MR) is 55.3 cm³/mol. The highest BCUT2D eigenvalue weighted by molar-refractivity contribution is 6.30. The fourth-order valence-electron chi connectivity index (χ4n) is 1.37. The summed E-state index contributed by atoms with van der Waals surface area (Å²) in [6, 6.07) is 7.60. The van der Waals surface area contributed by atoms with Gasteiger partial charge < -0.3 is 10.6 Å². The third-order valence-electron chi connectivity index (χ3n) is 1.99. The molecule has 1 aliphatic rings. The predicted octanol–water partition coefficient (Wildman–Crippen LogP) is 1.47. The van der Waals surface area contributed by atoms with E-state index in [1.165, 1.54) is 0 Å². The molecule has 68 valence electrons. The van der Waals surface area contributed by atoms with Crippen LogP contribution in [0, 0.1) is 0 Å². The first kappa shape index (κ1) is 8.38. The maximum absolute atomic E-state index is 5.86. The first-order valence-corrected chi connectivity index (χ1v) is 4.48. The zero-order valence-electron chi connectivity index (χ0n) is 7.07. The first-order chi connectivity index (χ1) is 6.27. The number of benzene rings is 1. The summed E-state index contributed by atoms with van der Waals surface area (Å²) >= 11 is 5.86. The Morgan fingerprint density at radius 3 is 2.92 bits per heavy atom. The van der Waals surface area contributed by atoms with Crippen LogP contribution in [0.15, 0.2) is 29.3 Å². The second-order valence-corrected chi connectivity index (χ2v) is 3.31. The van der Waals surface area contributed by atoms with Crippen molar-refractivity contribution in [2.45, 2.75) is 0 Å². The number of guanidine groups is 1. The van der Waals surface area contributed by atoms with Crippen LogP contribution in [0.5, 0.6) is 0 Å². The van der Waals surface area contributed by atoms with Crippen molar-refractivity contribution in [1.29, 1.82) is 0 Å². The summed E-state index contributed by atoms with van der Waals surface area (Å²) in [5.74, 6) is 0.572. The highest BCUT2D eigenvalue weighted by atomic mass is 35.5. The summed E-state index contributed by atoms with van der Waals surface area (Å²) in [6.07, 6.45) is 0. The van der Waals surface area contributed by atoms with Crippen molar-refractivity contribution in [1.82, 2.24) is 0 Å². The number of aliphatic imine (C=N–C) groups is 1. The van der Waals surface area contributed by atoms with E-state index in [1.54, 1.807) is 0 Å². The molecule has 3 nitrogen and oxygen atoms in total. The van der Waals surface area contributed by atoms with Crippen LogP contribution in [0.25, 0.3) is 0 Å². The Balaban J connectivity index is 2.30. The van der Waals surface area contributed by atoms with Crippen LogP contribution in [0.4, 0.5) is 5.69 Å². The van der Waals surface area contributed by atoms with Crippen molar-refractivity contribution in [3.8, 4) is 0 Å². The Labute approximate surface area is 81.8 Å². The number of hydrogen-bond donors (Lipinski definition) is 1. The molecule has 0 bridgehead atoms. The highest BCUT2D eigenvalue weighted by Crippen LogP contribution is 2.20. The van der Waals surface area contributed by atoms with E-state index in [4.69, 9.17) is 17.3 Å². The summed E-state index contributed by atoms with van der Waals surface area (Å²) in [5.41, 5.74) is 6.70. The Bertz CT molecular complexity index is 348. The van der Waals surface area contributed by atoms with Gasteiger partial charge in [-0.25, -0.2) is 0 Å². The fourth-order valence-corrected chi connectivity index (χ4v) is 1.55. The van der Waals surface area contributed by atoms with E-state index in [1.807, 2.05) is 29.2 Å². The van der Waals surface area contributed by atoms with E-state index in [0.29, 0.717) is 5.96 Å². The molecule has 2 N–H and O–H groups in total. The van der Waals surface area contributed by atoms with Crippen LogP contribution in [0.2, 0.25) is 5.02 Å². The van der Waals surface area contributed by atoms with Gasteiger partial charge in [0.2, 0.25) is 0 Å². The molecule has 0 fully saturated rings. The molecule has 2 rings (SSSR count). The van der Waals surface area contributed by atoms with Crippen molar-refractivity contribution in [2.24, 2.45) is 10.7 Å². The summed E-state index contributed by atoms with van der Waals surface area (Å²) in [6.45, 7) is 1.60. The monoisotopic (exact) mass is 195 g/mol. The van der Waals surface area contributed by atoms with Gasteiger partial charge in [0.1, 0.15) is 0 Å². The van der Waals surface area contributed by atoms with Crippen molar-refractivity contribution in [3.05, 3.63) is 29.3 Å². The Kier molecular flexibility index (Phi) is 2.10.